The van der Waals surface area contributed by atoms with E-state index in [9.17, 15) is 13.2 Å². The average molecular weight is 383 g/mol. The van der Waals surface area contributed by atoms with Gasteiger partial charge in [0.2, 0.25) is 0 Å². The van der Waals surface area contributed by atoms with Crippen molar-refractivity contribution in [3.05, 3.63) is 47.5 Å². The van der Waals surface area contributed by atoms with Gasteiger partial charge in [-0.05, 0) is 42.5 Å². The zero-order valence-corrected chi connectivity index (χ0v) is 14.8. The number of anilines is 2. The third-order valence-corrected chi connectivity index (χ3v) is 5.32. The summed E-state index contributed by atoms with van der Waals surface area (Å²) < 4.78 is 37.3. The number of nitrogens with one attached hydrogen (secondary N) is 1. The maximum atomic E-state index is 12.5. The van der Waals surface area contributed by atoms with Crippen LogP contribution in [0, 0.1) is 0 Å². The van der Waals surface area contributed by atoms with Gasteiger partial charge in [-0.15, -0.1) is 0 Å². The van der Waals surface area contributed by atoms with E-state index in [1.165, 1.54) is 30.2 Å². The lowest BCUT2D eigenvalue weighted by molar-refractivity contribution is 0.181. The highest BCUT2D eigenvalue weighted by Gasteiger charge is 2.24. The predicted octanol–water partition coefficient (Wildman–Crippen LogP) is 3.11. The molecule has 1 N–H and O–H groups in total. The fourth-order valence-corrected chi connectivity index (χ4v) is 3.68. The number of rotatable bonds is 5. The van der Waals surface area contributed by atoms with Crippen LogP contribution in [0.15, 0.2) is 47.4 Å². The molecule has 1 aliphatic heterocycles. The number of methoxy groups -OCH3 is 1. The summed E-state index contributed by atoms with van der Waals surface area (Å²) in [6.07, 6.45) is -0.443. The van der Waals surface area contributed by atoms with Crippen molar-refractivity contribution in [3.63, 3.8) is 0 Å². The lowest BCUT2D eigenvalue weighted by Crippen LogP contribution is -2.23. The average Bonchev–Trinajstić information content (AvgIpc) is 3.01. The lowest BCUT2D eigenvalue weighted by atomic mass is 10.3. The molecule has 0 bridgehead atoms. The van der Waals surface area contributed by atoms with Crippen molar-refractivity contribution in [2.75, 3.05) is 29.9 Å². The molecule has 1 fully saturated rings. The molecule has 1 amide bonds. The second-order valence-electron chi connectivity index (χ2n) is 5.21. The highest BCUT2D eigenvalue weighted by atomic mass is 35.5. The molecule has 25 heavy (non-hydrogen) atoms. The van der Waals surface area contributed by atoms with Crippen LogP contribution in [0.1, 0.15) is 0 Å². The molecule has 1 saturated heterocycles. The Bertz CT molecular complexity index is 899. The highest BCUT2D eigenvalue weighted by Crippen LogP contribution is 2.29. The van der Waals surface area contributed by atoms with Gasteiger partial charge in [-0.2, -0.15) is 0 Å². The number of nitrogens with zero attached hydrogens (tertiary/aromatic N) is 1. The van der Waals surface area contributed by atoms with Crippen molar-refractivity contribution in [1.82, 2.24) is 0 Å². The van der Waals surface area contributed by atoms with Crippen molar-refractivity contribution in [2.45, 2.75) is 4.90 Å². The number of ether oxygens (including phenoxy) is 2. The number of hydrogen-bond donors (Lipinski definition) is 1. The smallest absolute Gasteiger partial charge is 0.414 e. The Kier molecular flexibility index (Phi) is 4.73. The van der Waals surface area contributed by atoms with Gasteiger partial charge in [-0.1, -0.05) is 11.6 Å². The van der Waals surface area contributed by atoms with E-state index in [4.69, 9.17) is 21.1 Å². The number of hydrogen-bond acceptors (Lipinski definition) is 5. The number of carbonyl (C=O) groups excluding carboxylic acids is 1. The van der Waals surface area contributed by atoms with Crippen molar-refractivity contribution < 1.29 is 22.7 Å². The SMILES string of the molecule is COc1ccc(NS(=O)(=O)c2ccc(N3CCOC3=O)cc2)cc1Cl. The second-order valence-corrected chi connectivity index (χ2v) is 7.30. The quantitative estimate of drug-likeness (QED) is 0.858. The van der Waals surface area contributed by atoms with E-state index in [2.05, 4.69) is 4.72 Å². The molecule has 0 unspecified atom stereocenters. The molecule has 0 atom stereocenters. The van der Waals surface area contributed by atoms with E-state index in [0.717, 1.165) is 0 Å². The summed E-state index contributed by atoms with van der Waals surface area (Å²) in [5.74, 6) is 0.450. The van der Waals surface area contributed by atoms with Gasteiger partial charge in [0.15, 0.2) is 0 Å². The van der Waals surface area contributed by atoms with Crippen LogP contribution in [-0.4, -0.2) is 34.8 Å². The summed E-state index contributed by atoms with van der Waals surface area (Å²) in [4.78, 5) is 13.0. The summed E-state index contributed by atoms with van der Waals surface area (Å²) in [5, 5.41) is 0.297. The minimum Gasteiger partial charge on any atom is -0.495 e. The Balaban J connectivity index is 1.80. The van der Waals surface area contributed by atoms with Crippen molar-refractivity contribution in [2.24, 2.45) is 0 Å². The molecule has 2 aromatic rings. The van der Waals surface area contributed by atoms with Crippen LogP contribution in [0.25, 0.3) is 0 Å². The van der Waals surface area contributed by atoms with Crippen molar-refractivity contribution in [3.8, 4) is 5.75 Å². The minimum absolute atomic E-state index is 0.0655. The molecule has 0 aromatic heterocycles. The van der Waals surface area contributed by atoms with Gasteiger partial charge in [0.25, 0.3) is 10.0 Å². The summed E-state index contributed by atoms with van der Waals surface area (Å²) >= 11 is 6.00. The van der Waals surface area contributed by atoms with Gasteiger partial charge in [0, 0.05) is 5.69 Å². The fraction of sp³-hybridized carbons (Fsp3) is 0.188. The Morgan fingerprint density at radius 2 is 1.92 bits per heavy atom. The van der Waals surface area contributed by atoms with Gasteiger partial charge in [-0.25, -0.2) is 13.2 Å². The molecule has 132 valence electrons. The van der Waals surface area contributed by atoms with Gasteiger partial charge in [-0.3, -0.25) is 9.62 Å². The van der Waals surface area contributed by atoms with Crippen molar-refractivity contribution in [1.29, 1.82) is 0 Å². The third kappa shape index (κ3) is 3.64. The zero-order chi connectivity index (χ0) is 18.0. The molecular weight excluding hydrogens is 368 g/mol. The Hall–Kier alpha value is -2.45. The van der Waals surface area contributed by atoms with Gasteiger partial charge in [0.1, 0.15) is 12.4 Å². The maximum absolute atomic E-state index is 12.5. The molecule has 7 nitrogen and oxygen atoms in total. The third-order valence-electron chi connectivity index (χ3n) is 3.62. The molecule has 1 aliphatic rings. The topological polar surface area (TPSA) is 84.9 Å². The van der Waals surface area contributed by atoms with Crippen LogP contribution in [0.3, 0.4) is 0 Å². The summed E-state index contributed by atoms with van der Waals surface area (Å²) in [5.41, 5.74) is 0.895. The van der Waals surface area contributed by atoms with Crippen LogP contribution < -0.4 is 14.4 Å². The normalized spacial score (nSPS) is 14.3. The first-order valence-corrected chi connectivity index (χ1v) is 9.17. The number of cyclic esters (lactones) is 1. The summed E-state index contributed by atoms with van der Waals surface area (Å²) in [6, 6.07) is 10.6. The molecule has 0 aliphatic carbocycles. The van der Waals surface area contributed by atoms with E-state index >= 15 is 0 Å². The molecule has 0 radical (unpaired) electrons. The first-order chi connectivity index (χ1) is 11.9. The Morgan fingerprint density at radius 1 is 1.20 bits per heavy atom. The Morgan fingerprint density at radius 3 is 2.48 bits per heavy atom. The van der Waals surface area contributed by atoms with Crippen LogP contribution in [0.4, 0.5) is 16.2 Å². The first kappa shape index (κ1) is 17.4. The van der Waals surface area contributed by atoms with E-state index in [1.807, 2.05) is 0 Å². The van der Waals surface area contributed by atoms with Gasteiger partial charge in [0.05, 0.1) is 29.3 Å². The summed E-state index contributed by atoms with van der Waals surface area (Å²) in [7, 11) is -2.31. The van der Waals surface area contributed by atoms with E-state index in [0.29, 0.717) is 35.3 Å². The number of carbonyl (C=O) groups is 1. The largest absolute Gasteiger partial charge is 0.495 e. The lowest BCUT2D eigenvalue weighted by Gasteiger charge is -2.14. The highest BCUT2D eigenvalue weighted by molar-refractivity contribution is 7.92. The maximum Gasteiger partial charge on any atom is 0.414 e. The minimum atomic E-state index is -3.79. The van der Waals surface area contributed by atoms with Crippen LogP contribution >= 0.6 is 11.6 Å². The van der Waals surface area contributed by atoms with Crippen LogP contribution in [0.2, 0.25) is 5.02 Å². The molecular formula is C16H15ClN2O5S. The van der Waals surface area contributed by atoms with Gasteiger partial charge >= 0.3 is 6.09 Å². The standard InChI is InChI=1S/C16H15ClN2O5S/c1-23-15-7-2-11(10-14(15)17)18-25(21,22)13-5-3-12(4-6-13)19-8-9-24-16(19)20/h2-7,10,18H,8-9H2,1H3. The number of benzene rings is 2. The molecule has 1 heterocycles. The number of amides is 1. The Labute approximate surface area is 150 Å². The number of sulfonamides is 1. The fourth-order valence-electron chi connectivity index (χ4n) is 2.38. The molecule has 3 rings (SSSR count). The number of halogens is 1. The first-order valence-electron chi connectivity index (χ1n) is 7.31. The summed E-state index contributed by atoms with van der Waals surface area (Å²) in [6.45, 7) is 0.756. The van der Waals surface area contributed by atoms with Crippen LogP contribution in [0.5, 0.6) is 5.75 Å². The predicted molar refractivity (Wildman–Crippen MR) is 93.9 cm³/mol. The van der Waals surface area contributed by atoms with Crippen LogP contribution in [-0.2, 0) is 14.8 Å². The van der Waals surface area contributed by atoms with Gasteiger partial charge < -0.3 is 9.47 Å². The monoisotopic (exact) mass is 382 g/mol. The van der Waals surface area contributed by atoms with Crippen molar-refractivity contribution >= 4 is 39.1 Å². The zero-order valence-electron chi connectivity index (χ0n) is 13.2. The molecule has 9 heteroatoms. The van der Waals surface area contributed by atoms with E-state index in [1.54, 1.807) is 24.3 Å². The molecule has 0 spiro atoms. The second kappa shape index (κ2) is 6.81. The van der Waals surface area contributed by atoms with E-state index in [-0.39, 0.29) is 4.90 Å². The molecule has 0 saturated carbocycles. The van der Waals surface area contributed by atoms with E-state index < -0.39 is 16.1 Å². The molecule has 2 aromatic carbocycles.